The Hall–Kier alpha value is -2.08. The number of hydrogen-bond donors (Lipinski definition) is 5. The standard InChI is InChI=1S/C22H28ClN5O4S/c1-11(2)32-8-7-24-22-27-19(23)16(21-26-13-5-3-4-6-15(13)33-21)20(28-22)25-14-9-12(10-29)17(30)18(14)31/h3-6,11-12,14,17-18,29-31H,7-10H2,1-2H3,(H2,24,25,27,28)/t12-,14-,17-,18+/m1/s1. The van der Waals surface area contributed by atoms with Gasteiger partial charge in [-0.1, -0.05) is 23.7 Å². The minimum Gasteiger partial charge on any atom is -0.396 e. The predicted molar refractivity (Wildman–Crippen MR) is 130 cm³/mol. The van der Waals surface area contributed by atoms with Gasteiger partial charge < -0.3 is 30.7 Å². The summed E-state index contributed by atoms with van der Waals surface area (Å²) in [7, 11) is 0. The van der Waals surface area contributed by atoms with E-state index in [9.17, 15) is 15.3 Å². The molecule has 2 aromatic heterocycles. The Labute approximate surface area is 200 Å². The van der Waals surface area contributed by atoms with Gasteiger partial charge in [-0.2, -0.15) is 4.98 Å². The van der Waals surface area contributed by atoms with Crippen LogP contribution in [0.1, 0.15) is 20.3 Å². The van der Waals surface area contributed by atoms with Crippen molar-refractivity contribution in [3.63, 3.8) is 0 Å². The number of aliphatic hydroxyl groups excluding tert-OH is 3. The second kappa shape index (κ2) is 10.5. The largest absolute Gasteiger partial charge is 0.396 e. The van der Waals surface area contributed by atoms with Crippen LogP contribution >= 0.6 is 22.9 Å². The number of benzene rings is 1. The molecular weight excluding hydrogens is 466 g/mol. The molecule has 1 fully saturated rings. The average Bonchev–Trinajstić information content (AvgIpc) is 3.32. The number of hydrogen-bond acceptors (Lipinski definition) is 10. The summed E-state index contributed by atoms with van der Waals surface area (Å²) in [6, 6.07) is 7.24. The monoisotopic (exact) mass is 493 g/mol. The third-order valence-corrected chi connectivity index (χ3v) is 6.89. The number of thiazole rings is 1. The molecule has 178 valence electrons. The number of aliphatic hydroxyl groups is 3. The fourth-order valence-electron chi connectivity index (χ4n) is 3.87. The van der Waals surface area contributed by atoms with Crippen LogP contribution in [0.5, 0.6) is 0 Å². The number of nitrogens with one attached hydrogen (secondary N) is 2. The quantitative estimate of drug-likeness (QED) is 0.225. The maximum atomic E-state index is 10.5. The van der Waals surface area contributed by atoms with Gasteiger partial charge in [-0.15, -0.1) is 11.3 Å². The van der Waals surface area contributed by atoms with E-state index in [-0.39, 0.29) is 17.9 Å². The molecule has 1 aromatic carbocycles. The normalized spacial score (nSPS) is 22.9. The number of nitrogens with zero attached hydrogens (tertiary/aromatic N) is 3. The molecule has 1 aliphatic carbocycles. The molecule has 0 bridgehead atoms. The van der Waals surface area contributed by atoms with Gasteiger partial charge >= 0.3 is 0 Å². The lowest BCUT2D eigenvalue weighted by Crippen LogP contribution is -2.35. The Morgan fingerprint density at radius 1 is 1.18 bits per heavy atom. The van der Waals surface area contributed by atoms with Crippen LogP contribution in [0.25, 0.3) is 20.8 Å². The van der Waals surface area contributed by atoms with Gasteiger partial charge in [0.2, 0.25) is 5.95 Å². The van der Waals surface area contributed by atoms with E-state index in [1.165, 1.54) is 11.3 Å². The highest BCUT2D eigenvalue weighted by Gasteiger charge is 2.41. The Kier molecular flexibility index (Phi) is 7.62. The van der Waals surface area contributed by atoms with Gasteiger partial charge in [0.25, 0.3) is 0 Å². The molecule has 11 heteroatoms. The first-order chi connectivity index (χ1) is 15.9. The number of ether oxygens (including phenoxy) is 1. The van der Waals surface area contributed by atoms with Crippen LogP contribution in [0.4, 0.5) is 11.8 Å². The van der Waals surface area contributed by atoms with Crippen molar-refractivity contribution in [1.29, 1.82) is 0 Å². The lowest BCUT2D eigenvalue weighted by molar-refractivity contribution is 0.00446. The van der Waals surface area contributed by atoms with E-state index in [2.05, 4.69) is 20.6 Å². The zero-order valence-electron chi connectivity index (χ0n) is 18.4. The zero-order chi connectivity index (χ0) is 23.5. The Bertz CT molecular complexity index is 1060. The molecule has 1 saturated carbocycles. The molecule has 4 atom stereocenters. The van der Waals surface area contributed by atoms with Crippen LogP contribution in [-0.4, -0.2) is 74.4 Å². The average molecular weight is 494 g/mol. The van der Waals surface area contributed by atoms with Gasteiger partial charge in [0.1, 0.15) is 22.1 Å². The molecule has 0 spiro atoms. The van der Waals surface area contributed by atoms with Crippen molar-refractivity contribution in [2.45, 2.75) is 44.6 Å². The van der Waals surface area contributed by atoms with Gasteiger partial charge in [-0.3, -0.25) is 0 Å². The third kappa shape index (κ3) is 5.37. The van der Waals surface area contributed by atoms with Crippen LogP contribution in [0.15, 0.2) is 24.3 Å². The fraction of sp³-hybridized carbons (Fsp3) is 0.500. The number of anilines is 2. The van der Waals surface area contributed by atoms with E-state index in [0.717, 1.165) is 10.2 Å². The maximum absolute atomic E-state index is 10.5. The first-order valence-corrected chi connectivity index (χ1v) is 12.1. The Morgan fingerprint density at radius 3 is 2.67 bits per heavy atom. The van der Waals surface area contributed by atoms with Crippen LogP contribution < -0.4 is 10.6 Å². The molecule has 0 aliphatic heterocycles. The molecule has 33 heavy (non-hydrogen) atoms. The van der Waals surface area contributed by atoms with E-state index >= 15 is 0 Å². The Balaban J connectivity index is 1.67. The smallest absolute Gasteiger partial charge is 0.226 e. The van der Waals surface area contributed by atoms with Gasteiger partial charge in [0.05, 0.1) is 40.6 Å². The van der Waals surface area contributed by atoms with Gasteiger partial charge in [0.15, 0.2) is 0 Å². The summed E-state index contributed by atoms with van der Waals surface area (Å²) in [5, 5.41) is 37.5. The highest BCUT2D eigenvalue weighted by molar-refractivity contribution is 7.21. The summed E-state index contributed by atoms with van der Waals surface area (Å²) in [6.45, 7) is 4.68. The SMILES string of the molecule is CC(C)OCCNc1nc(Cl)c(-c2nc3ccccc3s2)c(N[C@@H]2C[C@H](CO)[C@@H](O)[C@H]2O)n1. The van der Waals surface area contributed by atoms with Crippen LogP contribution in [-0.2, 0) is 4.74 Å². The lowest BCUT2D eigenvalue weighted by Gasteiger charge is -2.21. The van der Waals surface area contributed by atoms with Gasteiger partial charge in [-0.05, 0) is 32.4 Å². The second-order valence-electron chi connectivity index (χ2n) is 8.31. The van der Waals surface area contributed by atoms with Crippen LogP contribution in [0, 0.1) is 5.92 Å². The molecule has 3 aromatic rings. The highest BCUT2D eigenvalue weighted by Crippen LogP contribution is 2.39. The van der Waals surface area contributed by atoms with Crippen molar-refractivity contribution < 1.29 is 20.1 Å². The molecule has 2 heterocycles. The molecule has 0 amide bonds. The summed E-state index contributed by atoms with van der Waals surface area (Å²) in [5.74, 6) is 0.286. The molecule has 5 N–H and O–H groups in total. The third-order valence-electron chi connectivity index (χ3n) is 5.57. The van der Waals surface area contributed by atoms with E-state index in [0.29, 0.717) is 41.9 Å². The number of fused-ring (bicyclic) bond motifs is 1. The molecule has 4 rings (SSSR count). The highest BCUT2D eigenvalue weighted by atomic mass is 35.5. The first-order valence-electron chi connectivity index (χ1n) is 10.9. The van der Waals surface area contributed by atoms with Crippen molar-refractivity contribution in [1.82, 2.24) is 15.0 Å². The molecule has 1 aliphatic rings. The maximum Gasteiger partial charge on any atom is 0.226 e. The Morgan fingerprint density at radius 2 is 1.97 bits per heavy atom. The van der Waals surface area contributed by atoms with Crippen LogP contribution in [0.2, 0.25) is 5.15 Å². The molecule has 0 unspecified atom stereocenters. The molecule has 9 nitrogen and oxygen atoms in total. The number of aromatic nitrogens is 3. The minimum absolute atomic E-state index is 0.115. The number of rotatable bonds is 9. The fourth-order valence-corrected chi connectivity index (χ4v) is 5.20. The topological polar surface area (TPSA) is 133 Å². The summed E-state index contributed by atoms with van der Waals surface area (Å²) in [5.41, 5.74) is 1.36. The van der Waals surface area contributed by atoms with E-state index in [4.69, 9.17) is 21.3 Å². The number of para-hydroxylation sites is 1. The summed E-state index contributed by atoms with van der Waals surface area (Å²) in [4.78, 5) is 13.7. The minimum atomic E-state index is -1.06. The number of halogens is 1. The molecule has 0 radical (unpaired) electrons. The van der Waals surface area contributed by atoms with Gasteiger partial charge in [0, 0.05) is 19.1 Å². The predicted octanol–water partition coefficient (Wildman–Crippen LogP) is 2.76. The summed E-state index contributed by atoms with van der Waals surface area (Å²) >= 11 is 8.08. The van der Waals surface area contributed by atoms with Crippen molar-refractivity contribution in [2.75, 3.05) is 30.4 Å². The lowest BCUT2D eigenvalue weighted by atomic mass is 10.1. The van der Waals surface area contributed by atoms with Crippen molar-refractivity contribution in [3.8, 4) is 10.6 Å². The van der Waals surface area contributed by atoms with Crippen LogP contribution in [0.3, 0.4) is 0 Å². The molecule has 0 saturated heterocycles. The van der Waals surface area contributed by atoms with E-state index in [1.807, 2.05) is 38.1 Å². The molecular formula is C22H28ClN5O4S. The van der Waals surface area contributed by atoms with Crippen molar-refractivity contribution in [2.24, 2.45) is 5.92 Å². The van der Waals surface area contributed by atoms with E-state index < -0.39 is 24.2 Å². The van der Waals surface area contributed by atoms with Gasteiger partial charge in [-0.25, -0.2) is 9.97 Å². The second-order valence-corrected chi connectivity index (χ2v) is 9.69. The first kappa shape index (κ1) is 24.1. The van der Waals surface area contributed by atoms with Crippen molar-refractivity contribution >= 4 is 44.9 Å². The zero-order valence-corrected chi connectivity index (χ0v) is 20.0. The summed E-state index contributed by atoms with van der Waals surface area (Å²) in [6.07, 6.45) is -1.59. The van der Waals surface area contributed by atoms with Crippen molar-refractivity contribution in [3.05, 3.63) is 29.4 Å². The summed E-state index contributed by atoms with van der Waals surface area (Å²) < 4.78 is 6.55. The van der Waals surface area contributed by atoms with E-state index in [1.54, 1.807) is 0 Å².